The van der Waals surface area contributed by atoms with Gasteiger partial charge in [0.2, 0.25) is 15.9 Å². The average Bonchev–Trinajstić information content (AvgIpc) is 3.31. The van der Waals surface area contributed by atoms with Crippen molar-refractivity contribution in [3.63, 3.8) is 0 Å². The number of aryl methyl sites for hydroxylation is 2. The third-order valence-corrected chi connectivity index (χ3v) is 10.5. The molecule has 2 aliphatic heterocycles. The molecule has 2 aliphatic rings. The minimum Gasteiger partial charge on any atom is -0.497 e. The van der Waals surface area contributed by atoms with E-state index in [9.17, 15) is 13.2 Å². The van der Waals surface area contributed by atoms with E-state index in [4.69, 9.17) is 4.74 Å². The summed E-state index contributed by atoms with van der Waals surface area (Å²) in [4.78, 5) is 20.0. The Kier molecular flexibility index (Phi) is 9.90. The summed E-state index contributed by atoms with van der Waals surface area (Å²) in [6.45, 7) is 8.26. The third-order valence-electron chi connectivity index (χ3n) is 7.45. The van der Waals surface area contributed by atoms with Crippen molar-refractivity contribution >= 4 is 27.7 Å². The number of nitrogens with zero attached hydrogens (tertiary/aromatic N) is 4. The van der Waals surface area contributed by atoms with Crippen LogP contribution in [-0.4, -0.2) is 118 Å². The van der Waals surface area contributed by atoms with E-state index >= 15 is 0 Å². The Morgan fingerprint density at radius 2 is 1.74 bits per heavy atom. The summed E-state index contributed by atoms with van der Waals surface area (Å²) in [5.41, 5.74) is 1.34. The minimum atomic E-state index is -3.62. The molecule has 35 heavy (non-hydrogen) atoms. The molecular formula is C25H42N4O4S2. The van der Waals surface area contributed by atoms with Gasteiger partial charge in [0, 0.05) is 51.6 Å². The molecule has 0 aliphatic carbocycles. The van der Waals surface area contributed by atoms with E-state index in [1.165, 1.54) is 28.9 Å². The molecule has 198 valence electrons. The van der Waals surface area contributed by atoms with E-state index in [1.807, 2.05) is 11.9 Å². The van der Waals surface area contributed by atoms with Crippen molar-refractivity contribution in [2.45, 2.75) is 50.1 Å². The van der Waals surface area contributed by atoms with Crippen LogP contribution in [0.25, 0.3) is 0 Å². The molecule has 1 aromatic rings. The first-order chi connectivity index (χ1) is 16.5. The van der Waals surface area contributed by atoms with Crippen LogP contribution in [0.2, 0.25) is 0 Å². The molecule has 0 saturated carbocycles. The maximum atomic E-state index is 13.2. The topological polar surface area (TPSA) is 73.4 Å². The van der Waals surface area contributed by atoms with Crippen molar-refractivity contribution < 1.29 is 17.9 Å². The number of sulfonamides is 1. The highest BCUT2D eigenvalue weighted by atomic mass is 32.2. The number of methoxy groups -OCH3 is 1. The normalized spacial score (nSPS) is 20.5. The first-order valence-corrected chi connectivity index (χ1v) is 15.0. The zero-order valence-corrected chi connectivity index (χ0v) is 23.8. The number of piperidine rings is 1. The van der Waals surface area contributed by atoms with Gasteiger partial charge in [-0.1, -0.05) is 0 Å². The molecule has 1 amide bonds. The second kappa shape index (κ2) is 12.3. The lowest BCUT2D eigenvalue weighted by Gasteiger charge is -2.35. The van der Waals surface area contributed by atoms with Crippen LogP contribution < -0.4 is 4.74 Å². The highest BCUT2D eigenvalue weighted by Crippen LogP contribution is 2.28. The molecule has 8 nitrogen and oxygen atoms in total. The van der Waals surface area contributed by atoms with Crippen molar-refractivity contribution in [1.82, 2.24) is 19.0 Å². The third kappa shape index (κ3) is 6.91. The molecule has 0 N–H and O–H groups in total. The van der Waals surface area contributed by atoms with Gasteiger partial charge < -0.3 is 14.5 Å². The summed E-state index contributed by atoms with van der Waals surface area (Å²) < 4.78 is 32.9. The van der Waals surface area contributed by atoms with Gasteiger partial charge in [-0.05, 0) is 76.5 Å². The maximum Gasteiger partial charge on any atom is 0.243 e. The highest BCUT2D eigenvalue weighted by Gasteiger charge is 2.33. The molecule has 0 unspecified atom stereocenters. The molecule has 0 bridgehead atoms. The summed E-state index contributed by atoms with van der Waals surface area (Å²) in [6, 6.07) is 4.40. The van der Waals surface area contributed by atoms with Gasteiger partial charge in [-0.3, -0.25) is 9.69 Å². The zero-order valence-electron chi connectivity index (χ0n) is 22.1. The van der Waals surface area contributed by atoms with E-state index in [-0.39, 0.29) is 11.9 Å². The van der Waals surface area contributed by atoms with Crippen LogP contribution >= 0.6 is 11.8 Å². The predicted molar refractivity (Wildman–Crippen MR) is 143 cm³/mol. The second-order valence-corrected chi connectivity index (χ2v) is 13.0. The Bertz CT molecular complexity index is 957. The van der Waals surface area contributed by atoms with Gasteiger partial charge in [-0.25, -0.2) is 12.7 Å². The first-order valence-electron chi connectivity index (χ1n) is 12.4. The van der Waals surface area contributed by atoms with Gasteiger partial charge in [0.1, 0.15) is 5.75 Å². The van der Waals surface area contributed by atoms with Crippen molar-refractivity contribution in [2.75, 3.05) is 72.5 Å². The van der Waals surface area contributed by atoms with Crippen LogP contribution in [0, 0.1) is 13.8 Å². The van der Waals surface area contributed by atoms with Crippen LogP contribution in [0.1, 0.15) is 30.4 Å². The fourth-order valence-corrected chi connectivity index (χ4v) is 7.76. The lowest BCUT2D eigenvalue weighted by molar-refractivity contribution is -0.128. The Morgan fingerprint density at radius 3 is 2.34 bits per heavy atom. The van der Waals surface area contributed by atoms with E-state index in [0.717, 1.165) is 32.6 Å². The molecule has 2 fully saturated rings. The van der Waals surface area contributed by atoms with Gasteiger partial charge in [-0.15, -0.1) is 0 Å². The maximum absolute atomic E-state index is 13.2. The molecule has 3 rings (SSSR count). The first kappa shape index (κ1) is 28.2. The van der Waals surface area contributed by atoms with Gasteiger partial charge in [0.15, 0.2) is 0 Å². The summed E-state index contributed by atoms with van der Waals surface area (Å²) in [7, 11) is 3.65. The molecule has 2 heterocycles. The van der Waals surface area contributed by atoms with Crippen LogP contribution in [0.4, 0.5) is 0 Å². The van der Waals surface area contributed by atoms with Crippen LogP contribution in [0.15, 0.2) is 17.0 Å². The zero-order chi connectivity index (χ0) is 25.8. The van der Waals surface area contributed by atoms with Crippen molar-refractivity contribution in [3.05, 3.63) is 23.3 Å². The molecule has 1 atom stereocenters. The quantitative estimate of drug-likeness (QED) is 0.433. The largest absolute Gasteiger partial charge is 0.497 e. The number of benzene rings is 1. The van der Waals surface area contributed by atoms with Crippen molar-refractivity contribution in [3.8, 4) is 5.75 Å². The van der Waals surface area contributed by atoms with E-state index < -0.39 is 10.0 Å². The molecule has 1 aromatic carbocycles. The second-order valence-electron chi connectivity index (χ2n) is 9.95. The van der Waals surface area contributed by atoms with Crippen LogP contribution in [0.5, 0.6) is 5.75 Å². The van der Waals surface area contributed by atoms with Gasteiger partial charge in [-0.2, -0.15) is 11.8 Å². The molecule has 10 heteroatoms. The molecule has 0 radical (unpaired) electrons. The monoisotopic (exact) mass is 526 g/mol. The average molecular weight is 527 g/mol. The summed E-state index contributed by atoms with van der Waals surface area (Å²) >= 11 is 1.50. The summed E-state index contributed by atoms with van der Waals surface area (Å²) in [5.74, 6) is 1.71. The van der Waals surface area contributed by atoms with Crippen LogP contribution in [0.3, 0.4) is 0 Å². The molecule has 0 spiro atoms. The number of carbonyl (C=O) groups excluding carboxylic acids is 1. The minimum absolute atomic E-state index is 0.123. The number of carbonyl (C=O) groups is 1. The van der Waals surface area contributed by atoms with E-state index in [1.54, 1.807) is 40.1 Å². The highest BCUT2D eigenvalue weighted by molar-refractivity contribution is 8.00. The number of thioether (sulfide) groups is 1. The number of likely N-dealkylation sites (N-methyl/N-ethyl adjacent to an activating group) is 1. The molecular weight excluding hydrogens is 484 g/mol. The Balaban J connectivity index is 1.44. The Morgan fingerprint density at radius 1 is 1.11 bits per heavy atom. The fourth-order valence-electron chi connectivity index (χ4n) is 5.15. The number of ether oxygens (including phenoxy) is 1. The van der Waals surface area contributed by atoms with Gasteiger partial charge in [0.25, 0.3) is 0 Å². The standard InChI is InChI=1S/C25H42N4O4S2/c1-19-15-23(33-6)16-20(2)25(19)35(31,32)27(4)13-14-34-18-24(30)28(5)22-9-12-29(17-22)21-7-10-26(3)11-8-21/h15-16,21-22H,7-14,17-18H2,1-6H3/t22-/m1/s1. The summed E-state index contributed by atoms with van der Waals surface area (Å²) in [5, 5.41) is 0. The number of rotatable bonds is 10. The van der Waals surface area contributed by atoms with E-state index in [0.29, 0.717) is 45.9 Å². The smallest absolute Gasteiger partial charge is 0.243 e. The number of hydrogen-bond donors (Lipinski definition) is 0. The Hall–Kier alpha value is -1.33. The van der Waals surface area contributed by atoms with Crippen LogP contribution in [-0.2, 0) is 14.8 Å². The SMILES string of the molecule is COc1cc(C)c(S(=O)(=O)N(C)CCSCC(=O)N(C)[C@@H]2CCN(C3CCN(C)CC3)C2)c(C)c1. The van der Waals surface area contributed by atoms with Gasteiger partial charge in [0.05, 0.1) is 17.8 Å². The van der Waals surface area contributed by atoms with Gasteiger partial charge >= 0.3 is 0 Å². The van der Waals surface area contributed by atoms with E-state index in [2.05, 4.69) is 16.8 Å². The van der Waals surface area contributed by atoms with Crippen molar-refractivity contribution in [1.29, 1.82) is 0 Å². The number of hydrogen-bond acceptors (Lipinski definition) is 7. The molecule has 0 aromatic heterocycles. The Labute approximate surface area is 216 Å². The molecule has 2 saturated heterocycles. The summed E-state index contributed by atoms with van der Waals surface area (Å²) in [6.07, 6.45) is 3.45. The number of amides is 1. The lowest BCUT2D eigenvalue weighted by Crippen LogP contribution is -2.45. The number of likely N-dealkylation sites (tertiary alicyclic amines) is 2. The fraction of sp³-hybridized carbons (Fsp3) is 0.720. The predicted octanol–water partition coefficient (Wildman–Crippen LogP) is 2.29. The van der Waals surface area contributed by atoms with Crippen molar-refractivity contribution in [2.24, 2.45) is 0 Å². The lowest BCUT2D eigenvalue weighted by atomic mass is 10.0.